The summed E-state index contributed by atoms with van der Waals surface area (Å²) in [5.74, 6) is 0. The van der Waals surface area contributed by atoms with Gasteiger partial charge in [0.15, 0.2) is 0 Å². The first kappa shape index (κ1) is 12.1. The van der Waals surface area contributed by atoms with E-state index >= 15 is 0 Å². The molecule has 0 heterocycles. The zero-order valence-electron chi connectivity index (χ0n) is 6.42. The molecule has 1 nitrogen and oxygen atoms in total. The number of alkyl halides is 3. The van der Waals surface area contributed by atoms with Gasteiger partial charge in [0.25, 0.3) is 0 Å². The topological polar surface area (TPSA) is 26.0 Å². The van der Waals surface area contributed by atoms with Crippen molar-refractivity contribution in [1.29, 1.82) is 0 Å². The van der Waals surface area contributed by atoms with Gasteiger partial charge in [-0.15, -0.1) is 0 Å². The first-order valence-electron chi connectivity index (χ1n) is 3.25. The van der Waals surface area contributed by atoms with Crippen molar-refractivity contribution < 1.29 is 13.2 Å². The number of anilines is 1. The highest BCUT2D eigenvalue weighted by atomic mass is 79.9. The second-order valence-electron chi connectivity index (χ2n) is 2.44. The summed E-state index contributed by atoms with van der Waals surface area (Å²) in [5.41, 5.74) is 4.36. The molecule has 0 saturated heterocycles. The maximum Gasteiger partial charge on any atom is 0.418 e. The van der Waals surface area contributed by atoms with Crippen molar-refractivity contribution in [3.8, 4) is 0 Å². The fraction of sp³-hybridized carbons (Fsp3) is 0.143. The summed E-state index contributed by atoms with van der Waals surface area (Å²) >= 11 is 11.1. The Kier molecular flexibility index (Phi) is 3.38. The van der Waals surface area contributed by atoms with Gasteiger partial charge in [-0.2, -0.15) is 13.2 Å². The van der Waals surface area contributed by atoms with E-state index in [0.717, 1.165) is 6.07 Å². The van der Waals surface area contributed by atoms with Gasteiger partial charge in [-0.3, -0.25) is 0 Å². The van der Waals surface area contributed by atoms with Crippen molar-refractivity contribution in [1.82, 2.24) is 0 Å². The van der Waals surface area contributed by atoms with Crippen LogP contribution in [0.4, 0.5) is 18.9 Å². The Bertz CT molecular complexity index is 378. The Morgan fingerprint density at radius 1 is 1.29 bits per heavy atom. The van der Waals surface area contributed by atoms with Gasteiger partial charge >= 0.3 is 6.18 Å². The van der Waals surface area contributed by atoms with Crippen LogP contribution in [0.2, 0.25) is 5.02 Å². The Labute approximate surface area is 99.7 Å². The average molecular weight is 353 g/mol. The minimum Gasteiger partial charge on any atom is -0.397 e. The van der Waals surface area contributed by atoms with Crippen molar-refractivity contribution in [3.05, 3.63) is 25.6 Å². The fourth-order valence-electron chi connectivity index (χ4n) is 0.865. The lowest BCUT2D eigenvalue weighted by Crippen LogP contribution is -2.09. The Balaban J connectivity index is 3.53. The maximum absolute atomic E-state index is 12.5. The van der Waals surface area contributed by atoms with Crippen LogP contribution in [0.1, 0.15) is 5.56 Å². The van der Waals surface area contributed by atoms with Gasteiger partial charge in [0.1, 0.15) is 0 Å². The molecule has 0 aliphatic carbocycles. The number of benzene rings is 1. The highest BCUT2D eigenvalue weighted by Crippen LogP contribution is 2.44. The standard InChI is InChI=1S/C7H3Br2ClF3N/c8-2-1-3(10)6(14)5(9)4(2)7(11,12)13/h1H,14H2. The van der Waals surface area contributed by atoms with E-state index in [0.29, 0.717) is 0 Å². The van der Waals surface area contributed by atoms with Crippen LogP contribution in [0.25, 0.3) is 0 Å². The van der Waals surface area contributed by atoms with Crippen LogP contribution in [0.5, 0.6) is 0 Å². The molecule has 0 unspecified atom stereocenters. The van der Waals surface area contributed by atoms with Crippen molar-refractivity contribution in [2.75, 3.05) is 5.73 Å². The molecule has 1 aromatic rings. The van der Waals surface area contributed by atoms with Crippen LogP contribution in [0.15, 0.2) is 15.0 Å². The van der Waals surface area contributed by atoms with E-state index in [-0.39, 0.29) is 19.7 Å². The van der Waals surface area contributed by atoms with E-state index < -0.39 is 11.7 Å². The summed E-state index contributed by atoms with van der Waals surface area (Å²) in [6.45, 7) is 0. The SMILES string of the molecule is Nc1c(Cl)cc(Br)c(C(F)(F)F)c1Br. The minimum atomic E-state index is -4.48. The molecule has 0 fully saturated rings. The number of nitrogen functional groups attached to an aromatic ring is 1. The fourth-order valence-corrected chi connectivity index (χ4v) is 2.88. The summed E-state index contributed by atoms with van der Waals surface area (Å²) in [5, 5.41) is 0.0664. The first-order chi connectivity index (χ1) is 6.25. The molecule has 2 N–H and O–H groups in total. The molecule has 1 aromatic carbocycles. The number of halogens is 6. The van der Waals surface area contributed by atoms with Crippen LogP contribution in [-0.2, 0) is 6.18 Å². The quantitative estimate of drug-likeness (QED) is 0.685. The van der Waals surface area contributed by atoms with Crippen LogP contribution in [-0.4, -0.2) is 0 Å². The lowest BCUT2D eigenvalue weighted by molar-refractivity contribution is -0.138. The normalized spacial score (nSPS) is 11.9. The molecule has 0 bridgehead atoms. The van der Waals surface area contributed by atoms with Gasteiger partial charge in [0.05, 0.1) is 20.7 Å². The van der Waals surface area contributed by atoms with Gasteiger partial charge in [0, 0.05) is 4.47 Å². The zero-order chi connectivity index (χ0) is 11.1. The predicted molar refractivity (Wildman–Crippen MR) is 56.3 cm³/mol. The molecule has 0 saturated carbocycles. The molecule has 0 amide bonds. The van der Waals surface area contributed by atoms with Gasteiger partial charge in [-0.1, -0.05) is 27.5 Å². The highest BCUT2D eigenvalue weighted by Gasteiger charge is 2.36. The Morgan fingerprint density at radius 2 is 1.79 bits per heavy atom. The van der Waals surface area contributed by atoms with Gasteiger partial charge in [-0.25, -0.2) is 0 Å². The summed E-state index contributed by atoms with van der Waals surface area (Å²) in [7, 11) is 0. The number of nitrogens with two attached hydrogens (primary N) is 1. The molecule has 1 rings (SSSR count). The Morgan fingerprint density at radius 3 is 2.21 bits per heavy atom. The largest absolute Gasteiger partial charge is 0.418 e. The molecular weight excluding hydrogens is 350 g/mol. The summed E-state index contributed by atoms with van der Waals surface area (Å²) in [6.07, 6.45) is -4.48. The van der Waals surface area contributed by atoms with E-state index in [9.17, 15) is 13.2 Å². The number of hydrogen-bond donors (Lipinski definition) is 1. The first-order valence-corrected chi connectivity index (χ1v) is 5.21. The zero-order valence-corrected chi connectivity index (χ0v) is 10.4. The van der Waals surface area contributed by atoms with Gasteiger partial charge in [-0.05, 0) is 22.0 Å². The van der Waals surface area contributed by atoms with Crippen molar-refractivity contribution in [3.63, 3.8) is 0 Å². The monoisotopic (exact) mass is 351 g/mol. The third-order valence-corrected chi connectivity index (χ3v) is 3.25. The maximum atomic E-state index is 12.5. The molecular formula is C7H3Br2ClF3N. The van der Waals surface area contributed by atoms with Crippen molar-refractivity contribution in [2.45, 2.75) is 6.18 Å². The summed E-state index contributed by atoms with van der Waals surface area (Å²) in [4.78, 5) is 0. The van der Waals surface area contributed by atoms with Gasteiger partial charge < -0.3 is 5.73 Å². The second kappa shape index (κ2) is 3.90. The Hall–Kier alpha value is 0.0600. The summed E-state index contributed by atoms with van der Waals surface area (Å²) < 4.78 is 37.0. The van der Waals surface area contributed by atoms with Crippen LogP contribution >= 0.6 is 43.5 Å². The molecule has 14 heavy (non-hydrogen) atoms. The van der Waals surface area contributed by atoms with Gasteiger partial charge in [0.2, 0.25) is 0 Å². The van der Waals surface area contributed by atoms with Crippen molar-refractivity contribution >= 4 is 49.1 Å². The average Bonchev–Trinajstić information content (AvgIpc) is 1.97. The van der Waals surface area contributed by atoms with E-state index in [1.807, 2.05) is 0 Å². The lowest BCUT2D eigenvalue weighted by Gasteiger charge is -2.13. The summed E-state index contributed by atoms with van der Waals surface area (Å²) in [6, 6.07) is 1.12. The third-order valence-electron chi connectivity index (χ3n) is 1.49. The number of hydrogen-bond acceptors (Lipinski definition) is 1. The molecule has 0 atom stereocenters. The molecule has 0 spiro atoms. The lowest BCUT2D eigenvalue weighted by atomic mass is 10.2. The highest BCUT2D eigenvalue weighted by molar-refractivity contribution is 9.11. The third kappa shape index (κ3) is 2.17. The minimum absolute atomic E-state index is 0.0664. The van der Waals surface area contributed by atoms with Crippen LogP contribution in [0.3, 0.4) is 0 Å². The van der Waals surface area contributed by atoms with E-state index in [1.54, 1.807) is 0 Å². The van der Waals surface area contributed by atoms with E-state index in [4.69, 9.17) is 17.3 Å². The number of rotatable bonds is 0. The predicted octanol–water partition coefficient (Wildman–Crippen LogP) is 4.47. The smallest absolute Gasteiger partial charge is 0.397 e. The molecule has 0 aromatic heterocycles. The molecule has 7 heteroatoms. The van der Waals surface area contributed by atoms with Crippen LogP contribution in [0, 0.1) is 0 Å². The van der Waals surface area contributed by atoms with E-state index in [1.165, 1.54) is 0 Å². The van der Waals surface area contributed by atoms with E-state index in [2.05, 4.69) is 31.9 Å². The second-order valence-corrected chi connectivity index (χ2v) is 4.50. The molecule has 0 aliphatic heterocycles. The van der Waals surface area contributed by atoms with Crippen LogP contribution < -0.4 is 5.73 Å². The molecule has 0 aliphatic rings. The molecule has 78 valence electrons. The molecule has 0 radical (unpaired) electrons. The van der Waals surface area contributed by atoms with Crippen molar-refractivity contribution in [2.24, 2.45) is 0 Å².